The zero-order valence-electron chi connectivity index (χ0n) is 12.9. The van der Waals surface area contributed by atoms with Crippen LogP contribution in [0.25, 0.3) is 0 Å². The lowest BCUT2D eigenvalue weighted by Crippen LogP contribution is -2.36. The SMILES string of the molecule is C=CCOC(=O)C1=CCC2CN(C(=O)OC(C)(C)C)CC12. The lowest BCUT2D eigenvalue weighted by Gasteiger charge is -2.24. The Kier molecular flexibility index (Phi) is 4.40. The largest absolute Gasteiger partial charge is 0.458 e. The van der Waals surface area contributed by atoms with Gasteiger partial charge in [0, 0.05) is 24.6 Å². The van der Waals surface area contributed by atoms with Crippen molar-refractivity contribution in [2.75, 3.05) is 19.7 Å². The molecule has 0 aromatic heterocycles. The van der Waals surface area contributed by atoms with Crippen molar-refractivity contribution in [2.45, 2.75) is 32.8 Å². The number of allylic oxidation sites excluding steroid dienone is 1. The van der Waals surface area contributed by atoms with Gasteiger partial charge in [0.1, 0.15) is 12.2 Å². The van der Waals surface area contributed by atoms with Crippen molar-refractivity contribution in [2.24, 2.45) is 11.8 Å². The van der Waals surface area contributed by atoms with Crippen molar-refractivity contribution < 1.29 is 19.1 Å². The fourth-order valence-electron chi connectivity index (χ4n) is 2.82. The summed E-state index contributed by atoms with van der Waals surface area (Å²) in [6.07, 6.45) is 3.98. The van der Waals surface area contributed by atoms with Crippen molar-refractivity contribution in [1.29, 1.82) is 0 Å². The number of fused-ring (bicyclic) bond motifs is 1. The fourth-order valence-corrected chi connectivity index (χ4v) is 2.82. The molecule has 1 saturated heterocycles. The number of nitrogens with zero attached hydrogens (tertiary/aromatic N) is 1. The van der Waals surface area contributed by atoms with Crippen LogP contribution in [0.15, 0.2) is 24.3 Å². The number of carbonyl (C=O) groups is 2. The third-order valence-electron chi connectivity index (χ3n) is 3.70. The minimum atomic E-state index is -0.504. The topological polar surface area (TPSA) is 55.8 Å². The minimum Gasteiger partial charge on any atom is -0.458 e. The van der Waals surface area contributed by atoms with Gasteiger partial charge in [-0.25, -0.2) is 9.59 Å². The second-order valence-corrected chi connectivity index (χ2v) is 6.53. The fraction of sp³-hybridized carbons (Fsp3) is 0.625. The van der Waals surface area contributed by atoms with Crippen LogP contribution in [0.1, 0.15) is 27.2 Å². The van der Waals surface area contributed by atoms with Crippen LogP contribution in [0.4, 0.5) is 4.79 Å². The van der Waals surface area contributed by atoms with Gasteiger partial charge >= 0.3 is 12.1 Å². The quantitative estimate of drug-likeness (QED) is 0.592. The summed E-state index contributed by atoms with van der Waals surface area (Å²) in [5.74, 6) is 0.0621. The summed E-state index contributed by atoms with van der Waals surface area (Å²) >= 11 is 0. The highest BCUT2D eigenvalue weighted by Crippen LogP contribution is 2.39. The molecule has 2 rings (SSSR count). The molecule has 1 heterocycles. The molecule has 21 heavy (non-hydrogen) atoms. The Bertz CT molecular complexity index is 475. The van der Waals surface area contributed by atoms with Gasteiger partial charge in [0.2, 0.25) is 0 Å². The maximum absolute atomic E-state index is 12.1. The predicted molar refractivity (Wildman–Crippen MR) is 78.6 cm³/mol. The summed E-state index contributed by atoms with van der Waals surface area (Å²) in [6.45, 7) is 10.4. The molecule has 1 amide bonds. The summed E-state index contributed by atoms with van der Waals surface area (Å²) in [4.78, 5) is 25.8. The van der Waals surface area contributed by atoms with E-state index in [4.69, 9.17) is 9.47 Å². The smallest absolute Gasteiger partial charge is 0.410 e. The maximum atomic E-state index is 12.1. The zero-order chi connectivity index (χ0) is 15.6. The number of likely N-dealkylation sites (tertiary alicyclic amines) is 1. The second kappa shape index (κ2) is 5.92. The molecule has 0 spiro atoms. The van der Waals surface area contributed by atoms with E-state index in [2.05, 4.69) is 6.58 Å². The molecule has 0 saturated carbocycles. The van der Waals surface area contributed by atoms with Crippen LogP contribution in [-0.4, -0.2) is 42.3 Å². The highest BCUT2D eigenvalue weighted by molar-refractivity contribution is 5.90. The minimum absolute atomic E-state index is 0.0647. The van der Waals surface area contributed by atoms with Crippen LogP contribution in [0.3, 0.4) is 0 Å². The van der Waals surface area contributed by atoms with E-state index in [-0.39, 0.29) is 24.6 Å². The summed E-state index contributed by atoms with van der Waals surface area (Å²) < 4.78 is 10.5. The van der Waals surface area contributed by atoms with Crippen LogP contribution >= 0.6 is 0 Å². The lowest BCUT2D eigenvalue weighted by atomic mass is 9.95. The van der Waals surface area contributed by atoms with Crippen LogP contribution < -0.4 is 0 Å². The monoisotopic (exact) mass is 293 g/mol. The van der Waals surface area contributed by atoms with E-state index in [0.717, 1.165) is 6.42 Å². The van der Waals surface area contributed by atoms with Gasteiger partial charge in [0.25, 0.3) is 0 Å². The number of carbonyl (C=O) groups excluding carboxylic acids is 2. The normalized spacial score (nSPS) is 24.3. The summed E-state index contributed by atoms with van der Waals surface area (Å²) in [5.41, 5.74) is 0.184. The van der Waals surface area contributed by atoms with Crippen molar-refractivity contribution in [3.8, 4) is 0 Å². The van der Waals surface area contributed by atoms with Gasteiger partial charge in [-0.3, -0.25) is 0 Å². The van der Waals surface area contributed by atoms with Crippen molar-refractivity contribution in [1.82, 2.24) is 4.90 Å². The molecule has 2 unspecified atom stereocenters. The lowest BCUT2D eigenvalue weighted by molar-refractivity contribution is -0.138. The summed E-state index contributed by atoms with van der Waals surface area (Å²) in [5, 5.41) is 0. The van der Waals surface area contributed by atoms with Gasteiger partial charge in [-0.05, 0) is 33.1 Å². The molecule has 1 fully saturated rings. The molecule has 116 valence electrons. The maximum Gasteiger partial charge on any atom is 0.410 e. The number of hydrogen-bond donors (Lipinski definition) is 0. The molecular weight excluding hydrogens is 270 g/mol. The Morgan fingerprint density at radius 2 is 2.14 bits per heavy atom. The standard InChI is InChI=1S/C16H23NO4/c1-5-8-20-14(18)12-7-6-11-9-17(10-13(11)12)15(19)21-16(2,3)4/h5,7,11,13H,1,6,8-10H2,2-4H3. The van der Waals surface area contributed by atoms with E-state index in [0.29, 0.717) is 24.6 Å². The van der Waals surface area contributed by atoms with E-state index in [1.54, 1.807) is 11.0 Å². The third-order valence-corrected chi connectivity index (χ3v) is 3.70. The van der Waals surface area contributed by atoms with Gasteiger partial charge < -0.3 is 14.4 Å². The molecule has 5 nitrogen and oxygen atoms in total. The predicted octanol–water partition coefficient (Wildman–Crippen LogP) is 2.53. The zero-order valence-corrected chi connectivity index (χ0v) is 12.9. The molecule has 1 aliphatic heterocycles. The molecule has 2 atom stereocenters. The van der Waals surface area contributed by atoms with Gasteiger partial charge in [-0.1, -0.05) is 18.7 Å². The first kappa shape index (κ1) is 15.6. The number of hydrogen-bond acceptors (Lipinski definition) is 4. The number of amides is 1. The third kappa shape index (κ3) is 3.65. The van der Waals surface area contributed by atoms with Crippen molar-refractivity contribution in [3.05, 3.63) is 24.3 Å². The Hall–Kier alpha value is -1.78. The molecule has 0 radical (unpaired) electrons. The van der Waals surface area contributed by atoms with Crippen LogP contribution in [0.2, 0.25) is 0 Å². The number of esters is 1. The molecule has 1 aliphatic carbocycles. The molecule has 0 bridgehead atoms. The Morgan fingerprint density at radius 1 is 1.43 bits per heavy atom. The molecular formula is C16H23NO4. The molecule has 2 aliphatic rings. The second-order valence-electron chi connectivity index (χ2n) is 6.53. The van der Waals surface area contributed by atoms with Gasteiger partial charge in [0.15, 0.2) is 0 Å². The molecule has 0 N–H and O–H groups in total. The van der Waals surface area contributed by atoms with Crippen LogP contribution in [0, 0.1) is 11.8 Å². The first-order valence-electron chi connectivity index (χ1n) is 7.28. The summed E-state index contributed by atoms with van der Waals surface area (Å²) in [7, 11) is 0. The Balaban J connectivity index is 1.96. The first-order chi connectivity index (χ1) is 9.81. The van der Waals surface area contributed by atoms with E-state index >= 15 is 0 Å². The van der Waals surface area contributed by atoms with Crippen molar-refractivity contribution in [3.63, 3.8) is 0 Å². The van der Waals surface area contributed by atoms with E-state index in [9.17, 15) is 9.59 Å². The van der Waals surface area contributed by atoms with Crippen LogP contribution in [0.5, 0.6) is 0 Å². The van der Waals surface area contributed by atoms with E-state index in [1.165, 1.54) is 0 Å². The van der Waals surface area contributed by atoms with Crippen molar-refractivity contribution >= 4 is 12.1 Å². The van der Waals surface area contributed by atoms with Gasteiger partial charge in [0.05, 0.1) is 0 Å². The van der Waals surface area contributed by atoms with Crippen LogP contribution in [-0.2, 0) is 14.3 Å². The Labute approximate surface area is 125 Å². The van der Waals surface area contributed by atoms with Gasteiger partial charge in [-0.2, -0.15) is 0 Å². The number of rotatable bonds is 3. The highest BCUT2D eigenvalue weighted by Gasteiger charge is 2.43. The van der Waals surface area contributed by atoms with Gasteiger partial charge in [-0.15, -0.1) is 0 Å². The molecule has 0 aromatic carbocycles. The average molecular weight is 293 g/mol. The average Bonchev–Trinajstić information content (AvgIpc) is 2.93. The molecule has 5 heteroatoms. The van der Waals surface area contributed by atoms with E-state index < -0.39 is 5.60 Å². The summed E-state index contributed by atoms with van der Waals surface area (Å²) in [6, 6.07) is 0. The van der Waals surface area contributed by atoms with E-state index in [1.807, 2.05) is 26.8 Å². The highest BCUT2D eigenvalue weighted by atomic mass is 16.6. The number of ether oxygens (including phenoxy) is 2. The molecule has 0 aromatic rings. The Morgan fingerprint density at radius 3 is 2.76 bits per heavy atom. The first-order valence-corrected chi connectivity index (χ1v) is 7.28.